The van der Waals surface area contributed by atoms with Gasteiger partial charge in [-0.3, -0.25) is 4.79 Å². The van der Waals surface area contributed by atoms with E-state index in [1.54, 1.807) is 54.6 Å². The van der Waals surface area contributed by atoms with Gasteiger partial charge in [0.2, 0.25) is 20.0 Å². The summed E-state index contributed by atoms with van der Waals surface area (Å²) in [6.07, 6.45) is 0.432. The highest BCUT2D eigenvalue weighted by Crippen LogP contribution is 2.28. The van der Waals surface area contributed by atoms with Crippen molar-refractivity contribution in [3.05, 3.63) is 84.4 Å². The topological polar surface area (TPSA) is 135 Å². The SMILES string of the molecule is CC/C(=N/NC(=O)[C@H]1CN(S(=O)(=O)c2ccccc2)CCN1S(=O)(=O)c1ccccc1)c1ccc(OC)c(OC)c1. The molecule has 13 heteroatoms. The first-order chi connectivity index (χ1) is 19.6. The van der Waals surface area contributed by atoms with Crippen LogP contribution in [-0.2, 0) is 24.8 Å². The molecule has 0 bridgehead atoms. The minimum atomic E-state index is -4.13. The van der Waals surface area contributed by atoms with E-state index in [2.05, 4.69) is 10.5 Å². The van der Waals surface area contributed by atoms with Crippen LogP contribution in [-0.4, -0.2) is 77.0 Å². The molecule has 1 N–H and O–H groups in total. The lowest BCUT2D eigenvalue weighted by Crippen LogP contribution is -2.60. The highest BCUT2D eigenvalue weighted by molar-refractivity contribution is 7.89. The summed E-state index contributed by atoms with van der Waals surface area (Å²) in [5.74, 6) is 0.245. The average Bonchev–Trinajstić information content (AvgIpc) is 3.01. The van der Waals surface area contributed by atoms with Gasteiger partial charge < -0.3 is 9.47 Å². The highest BCUT2D eigenvalue weighted by Gasteiger charge is 2.43. The fourth-order valence-corrected chi connectivity index (χ4v) is 7.54. The second-order valence-electron chi connectivity index (χ2n) is 9.08. The summed E-state index contributed by atoms with van der Waals surface area (Å²) in [6.45, 7) is 1.12. The van der Waals surface area contributed by atoms with Gasteiger partial charge >= 0.3 is 0 Å². The number of hydrogen-bond acceptors (Lipinski definition) is 8. The van der Waals surface area contributed by atoms with E-state index in [-0.39, 0.29) is 29.4 Å². The van der Waals surface area contributed by atoms with Crippen molar-refractivity contribution in [1.29, 1.82) is 0 Å². The molecule has 1 aliphatic rings. The van der Waals surface area contributed by atoms with Crippen LogP contribution in [0, 0.1) is 0 Å². The average molecular weight is 601 g/mol. The van der Waals surface area contributed by atoms with E-state index in [1.807, 2.05) is 6.92 Å². The monoisotopic (exact) mass is 600 g/mol. The quantitative estimate of drug-likeness (QED) is 0.279. The van der Waals surface area contributed by atoms with E-state index < -0.39 is 32.0 Å². The molecule has 1 amide bonds. The number of nitrogens with zero attached hydrogens (tertiary/aromatic N) is 3. The van der Waals surface area contributed by atoms with E-state index in [0.29, 0.717) is 29.2 Å². The van der Waals surface area contributed by atoms with Crippen LogP contribution < -0.4 is 14.9 Å². The zero-order valence-corrected chi connectivity index (χ0v) is 24.6. The summed E-state index contributed by atoms with van der Waals surface area (Å²) in [5, 5.41) is 4.28. The molecule has 0 radical (unpaired) electrons. The van der Waals surface area contributed by atoms with Crippen LogP contribution in [0.5, 0.6) is 11.5 Å². The van der Waals surface area contributed by atoms with Gasteiger partial charge in [0.15, 0.2) is 11.5 Å². The minimum absolute atomic E-state index is 0.000225. The number of carbonyl (C=O) groups excluding carboxylic acids is 1. The molecule has 3 aromatic carbocycles. The van der Waals surface area contributed by atoms with Gasteiger partial charge in [-0.15, -0.1) is 0 Å². The van der Waals surface area contributed by atoms with Gasteiger partial charge in [0, 0.05) is 25.2 Å². The third kappa shape index (κ3) is 6.43. The number of nitrogens with one attached hydrogen (secondary N) is 1. The fourth-order valence-electron chi connectivity index (χ4n) is 4.49. The van der Waals surface area contributed by atoms with Crippen molar-refractivity contribution in [2.24, 2.45) is 5.10 Å². The molecule has 0 aromatic heterocycles. The van der Waals surface area contributed by atoms with Gasteiger partial charge in [-0.25, -0.2) is 22.3 Å². The lowest BCUT2D eigenvalue weighted by molar-refractivity contribution is -0.125. The lowest BCUT2D eigenvalue weighted by Gasteiger charge is -2.38. The van der Waals surface area contributed by atoms with Crippen LogP contribution >= 0.6 is 0 Å². The van der Waals surface area contributed by atoms with Gasteiger partial charge in [0.25, 0.3) is 5.91 Å². The van der Waals surface area contributed by atoms with Crippen LogP contribution in [0.3, 0.4) is 0 Å². The number of amides is 1. The zero-order chi connectivity index (χ0) is 29.6. The maximum absolute atomic E-state index is 13.6. The molecule has 218 valence electrons. The lowest BCUT2D eigenvalue weighted by atomic mass is 10.1. The number of rotatable bonds is 10. The molecule has 1 saturated heterocycles. The number of sulfonamides is 2. The van der Waals surface area contributed by atoms with Crippen molar-refractivity contribution in [2.45, 2.75) is 29.2 Å². The molecule has 0 aliphatic carbocycles. The Bertz CT molecular complexity index is 1610. The zero-order valence-electron chi connectivity index (χ0n) is 22.9. The van der Waals surface area contributed by atoms with Crippen LogP contribution in [0.2, 0.25) is 0 Å². The maximum atomic E-state index is 13.6. The van der Waals surface area contributed by atoms with Crippen molar-refractivity contribution < 1.29 is 31.1 Å². The third-order valence-corrected chi connectivity index (χ3v) is 10.5. The Labute approximate surface area is 240 Å². The van der Waals surface area contributed by atoms with Gasteiger partial charge in [0.05, 0.1) is 29.7 Å². The summed E-state index contributed by atoms with van der Waals surface area (Å²) in [4.78, 5) is 13.6. The number of ether oxygens (including phenoxy) is 2. The number of piperazine rings is 1. The molecule has 0 spiro atoms. The van der Waals surface area contributed by atoms with Crippen molar-refractivity contribution >= 4 is 31.7 Å². The Morgan fingerprint density at radius 3 is 2.00 bits per heavy atom. The summed E-state index contributed by atoms with van der Waals surface area (Å²) in [5.41, 5.74) is 3.65. The molecule has 4 rings (SSSR count). The van der Waals surface area contributed by atoms with Crippen molar-refractivity contribution in [3.8, 4) is 11.5 Å². The predicted molar refractivity (Wildman–Crippen MR) is 154 cm³/mol. The normalized spacial score (nSPS) is 17.1. The van der Waals surface area contributed by atoms with E-state index in [9.17, 15) is 21.6 Å². The summed E-state index contributed by atoms with van der Waals surface area (Å²) >= 11 is 0. The van der Waals surface area contributed by atoms with E-state index in [0.717, 1.165) is 8.61 Å². The highest BCUT2D eigenvalue weighted by atomic mass is 32.2. The van der Waals surface area contributed by atoms with Gasteiger partial charge in [-0.2, -0.15) is 13.7 Å². The Kier molecular flexibility index (Phi) is 9.43. The van der Waals surface area contributed by atoms with Crippen molar-refractivity contribution in [1.82, 2.24) is 14.0 Å². The molecule has 41 heavy (non-hydrogen) atoms. The number of benzene rings is 3. The Hall–Kier alpha value is -3.78. The largest absolute Gasteiger partial charge is 0.493 e. The van der Waals surface area contributed by atoms with Gasteiger partial charge in [-0.1, -0.05) is 43.3 Å². The Balaban J connectivity index is 1.67. The van der Waals surface area contributed by atoms with E-state index in [4.69, 9.17) is 9.47 Å². The summed E-state index contributed by atoms with van der Waals surface area (Å²) in [6, 6.07) is 19.3. The van der Waals surface area contributed by atoms with Gasteiger partial charge in [0.1, 0.15) is 6.04 Å². The summed E-state index contributed by atoms with van der Waals surface area (Å²) in [7, 11) is -5.09. The minimum Gasteiger partial charge on any atom is -0.493 e. The Morgan fingerprint density at radius 2 is 1.44 bits per heavy atom. The number of methoxy groups -OCH3 is 2. The molecule has 11 nitrogen and oxygen atoms in total. The van der Waals surface area contributed by atoms with Crippen molar-refractivity contribution in [3.63, 3.8) is 0 Å². The standard InChI is InChI=1S/C28H32N4O7S2/c1-4-24(21-15-16-26(38-2)27(19-21)39-3)29-30-28(33)25-20-31(40(34,35)22-11-7-5-8-12-22)17-18-32(25)41(36,37)23-13-9-6-10-14-23/h5-16,19,25H,4,17-18,20H2,1-3H3,(H,30,33)/b29-24-/t25-/m1/s1. The first-order valence-electron chi connectivity index (χ1n) is 12.8. The molecule has 1 atom stereocenters. The van der Waals surface area contributed by atoms with E-state index in [1.165, 1.54) is 38.5 Å². The molecule has 0 saturated carbocycles. The first kappa shape index (κ1) is 30.2. The molecule has 3 aromatic rings. The van der Waals surface area contributed by atoms with Crippen LogP contribution in [0.15, 0.2) is 93.8 Å². The second kappa shape index (κ2) is 12.8. The third-order valence-electron chi connectivity index (χ3n) is 6.68. The molecular formula is C28H32N4O7S2. The maximum Gasteiger partial charge on any atom is 0.259 e. The predicted octanol–water partition coefficient (Wildman–Crippen LogP) is 2.70. The first-order valence-corrected chi connectivity index (χ1v) is 15.7. The number of hydrazone groups is 1. The molecule has 1 heterocycles. The smallest absolute Gasteiger partial charge is 0.259 e. The van der Waals surface area contributed by atoms with Gasteiger partial charge in [-0.05, 0) is 48.9 Å². The Morgan fingerprint density at radius 1 is 0.854 bits per heavy atom. The van der Waals surface area contributed by atoms with Crippen molar-refractivity contribution in [2.75, 3.05) is 33.9 Å². The summed E-state index contributed by atoms with van der Waals surface area (Å²) < 4.78 is 66.7. The molecule has 0 unspecified atom stereocenters. The molecule has 1 fully saturated rings. The van der Waals surface area contributed by atoms with E-state index >= 15 is 0 Å². The number of carbonyl (C=O) groups is 1. The molecular weight excluding hydrogens is 568 g/mol. The van der Waals surface area contributed by atoms with Crippen LogP contribution in [0.25, 0.3) is 0 Å². The second-order valence-corrected chi connectivity index (χ2v) is 12.9. The van der Waals surface area contributed by atoms with Crippen LogP contribution in [0.1, 0.15) is 18.9 Å². The fraction of sp³-hybridized carbons (Fsp3) is 0.286. The molecule has 1 aliphatic heterocycles. The van der Waals surface area contributed by atoms with Crippen LogP contribution in [0.4, 0.5) is 0 Å². The number of hydrogen-bond donors (Lipinski definition) is 1.